The Hall–Kier alpha value is -3.45. The molecule has 166 valence electrons. The monoisotopic (exact) mass is 432 g/mol. The average molecular weight is 433 g/mol. The minimum absolute atomic E-state index is 0.153. The Kier molecular flexibility index (Phi) is 6.10. The highest BCUT2D eigenvalue weighted by atomic mass is 16.5. The first-order valence-corrected chi connectivity index (χ1v) is 10.9. The van der Waals surface area contributed by atoms with Crippen LogP contribution in [0.3, 0.4) is 0 Å². The summed E-state index contributed by atoms with van der Waals surface area (Å²) in [5.74, 6) is -0.309. The third kappa shape index (κ3) is 4.03. The minimum Gasteiger partial charge on any atom is -0.379 e. The van der Waals surface area contributed by atoms with Crippen molar-refractivity contribution in [2.75, 3.05) is 13.2 Å². The number of hydrogen-bond acceptors (Lipinski definition) is 4. The van der Waals surface area contributed by atoms with Gasteiger partial charge in [-0.05, 0) is 45.4 Å². The topological polar surface area (TPSA) is 78.2 Å². The zero-order valence-electron chi connectivity index (χ0n) is 18.9. The quantitative estimate of drug-likeness (QED) is 0.452. The maximum absolute atomic E-state index is 13.5. The molecule has 0 atom stereocenters. The fraction of sp³-hybridized carbons (Fsp3) is 0.320. The van der Waals surface area contributed by atoms with E-state index < -0.39 is 0 Å². The summed E-state index contributed by atoms with van der Waals surface area (Å²) in [6, 6.07) is 15.2. The SMILES string of the molecule is Cc1ccc(-n2nc(C(=O)NCCCOC(C)C)c3c4ccccc4n(C)c3c2=O)cc1. The predicted octanol–water partition coefficient (Wildman–Crippen LogP) is 3.73. The van der Waals surface area contributed by atoms with Crippen molar-refractivity contribution in [1.82, 2.24) is 19.7 Å². The van der Waals surface area contributed by atoms with Gasteiger partial charge in [0.15, 0.2) is 5.69 Å². The number of benzene rings is 2. The lowest BCUT2D eigenvalue weighted by molar-refractivity contribution is 0.0756. The number of para-hydroxylation sites is 1. The van der Waals surface area contributed by atoms with Gasteiger partial charge in [-0.25, -0.2) is 0 Å². The molecule has 0 spiro atoms. The van der Waals surface area contributed by atoms with Crippen molar-refractivity contribution >= 4 is 27.7 Å². The van der Waals surface area contributed by atoms with Crippen molar-refractivity contribution in [3.63, 3.8) is 0 Å². The Morgan fingerprint density at radius 1 is 1.12 bits per heavy atom. The Labute approximate surface area is 186 Å². The number of aryl methyl sites for hydroxylation is 2. The molecule has 0 fully saturated rings. The van der Waals surface area contributed by atoms with Crippen LogP contribution in [-0.2, 0) is 11.8 Å². The van der Waals surface area contributed by atoms with E-state index in [4.69, 9.17) is 4.74 Å². The van der Waals surface area contributed by atoms with Crippen LogP contribution < -0.4 is 10.9 Å². The van der Waals surface area contributed by atoms with Gasteiger partial charge in [0.2, 0.25) is 0 Å². The fourth-order valence-electron chi connectivity index (χ4n) is 3.88. The highest BCUT2D eigenvalue weighted by Gasteiger charge is 2.23. The molecule has 0 aliphatic heterocycles. The van der Waals surface area contributed by atoms with Crippen LogP contribution in [0.1, 0.15) is 36.3 Å². The molecule has 2 aromatic carbocycles. The molecule has 0 saturated heterocycles. The van der Waals surface area contributed by atoms with Crippen molar-refractivity contribution in [2.45, 2.75) is 33.3 Å². The molecule has 32 heavy (non-hydrogen) atoms. The van der Waals surface area contributed by atoms with Crippen LogP contribution in [0.4, 0.5) is 0 Å². The van der Waals surface area contributed by atoms with Crippen LogP contribution in [0.15, 0.2) is 53.3 Å². The van der Waals surface area contributed by atoms with Crippen LogP contribution in [0.5, 0.6) is 0 Å². The van der Waals surface area contributed by atoms with Crippen molar-refractivity contribution < 1.29 is 9.53 Å². The zero-order valence-corrected chi connectivity index (χ0v) is 18.9. The third-order valence-corrected chi connectivity index (χ3v) is 5.49. The lowest BCUT2D eigenvalue weighted by atomic mass is 10.1. The van der Waals surface area contributed by atoms with Crippen molar-refractivity contribution in [3.8, 4) is 5.69 Å². The summed E-state index contributed by atoms with van der Waals surface area (Å²) in [6.07, 6.45) is 0.848. The number of nitrogens with one attached hydrogen (secondary N) is 1. The number of ether oxygens (including phenoxy) is 1. The van der Waals surface area contributed by atoms with Gasteiger partial charge in [-0.1, -0.05) is 35.9 Å². The van der Waals surface area contributed by atoms with Crippen LogP contribution in [0, 0.1) is 6.92 Å². The number of nitrogens with zero attached hydrogens (tertiary/aromatic N) is 3. The second kappa shape index (κ2) is 8.96. The second-order valence-electron chi connectivity index (χ2n) is 8.23. The Morgan fingerprint density at radius 2 is 1.84 bits per heavy atom. The fourth-order valence-corrected chi connectivity index (χ4v) is 3.88. The molecule has 0 aliphatic carbocycles. The van der Waals surface area contributed by atoms with Crippen LogP contribution in [-0.4, -0.2) is 39.5 Å². The standard InChI is InChI=1S/C25H28N4O3/c1-16(2)32-15-7-14-26-24(30)22-21-19-8-5-6-9-20(19)28(4)23(21)25(31)29(27-22)18-12-10-17(3)11-13-18/h5-6,8-13,16H,7,14-15H2,1-4H3,(H,26,30). The van der Waals surface area contributed by atoms with Gasteiger partial charge in [0.05, 0.1) is 11.8 Å². The molecule has 2 heterocycles. The van der Waals surface area contributed by atoms with Gasteiger partial charge in [-0.2, -0.15) is 9.78 Å². The summed E-state index contributed by atoms with van der Waals surface area (Å²) in [6.45, 7) is 6.97. The first kappa shape index (κ1) is 21.8. The van der Waals surface area contributed by atoms with E-state index in [-0.39, 0.29) is 23.3 Å². The van der Waals surface area contributed by atoms with Crippen molar-refractivity contribution in [3.05, 3.63) is 70.1 Å². The van der Waals surface area contributed by atoms with Crippen molar-refractivity contribution in [1.29, 1.82) is 0 Å². The first-order valence-electron chi connectivity index (χ1n) is 10.9. The molecule has 1 amide bonds. The summed E-state index contributed by atoms with van der Waals surface area (Å²) in [5, 5.41) is 8.89. The van der Waals surface area contributed by atoms with E-state index in [2.05, 4.69) is 10.4 Å². The highest BCUT2D eigenvalue weighted by molar-refractivity contribution is 6.16. The molecule has 1 N–H and O–H groups in total. The number of fused-ring (bicyclic) bond motifs is 3. The molecule has 0 bridgehead atoms. The molecule has 0 aliphatic rings. The number of carbonyl (C=O) groups is 1. The Bertz CT molecular complexity index is 1330. The van der Waals surface area contributed by atoms with Gasteiger partial charge in [0.25, 0.3) is 11.5 Å². The lowest BCUT2D eigenvalue weighted by Gasteiger charge is -2.11. The average Bonchev–Trinajstić information content (AvgIpc) is 3.08. The lowest BCUT2D eigenvalue weighted by Crippen LogP contribution is -2.31. The van der Waals surface area contributed by atoms with Crippen molar-refractivity contribution in [2.24, 2.45) is 7.05 Å². The van der Waals surface area contributed by atoms with Crippen LogP contribution in [0.2, 0.25) is 0 Å². The van der Waals surface area contributed by atoms with Crippen LogP contribution >= 0.6 is 0 Å². The second-order valence-corrected chi connectivity index (χ2v) is 8.23. The van der Waals surface area contributed by atoms with E-state index in [1.54, 1.807) is 0 Å². The van der Waals surface area contributed by atoms with Gasteiger partial charge in [0.1, 0.15) is 5.52 Å². The molecule has 2 aromatic heterocycles. The van der Waals surface area contributed by atoms with Gasteiger partial charge in [0, 0.05) is 36.5 Å². The number of aromatic nitrogens is 3. The maximum atomic E-state index is 13.5. The largest absolute Gasteiger partial charge is 0.379 e. The van der Waals surface area contributed by atoms with E-state index in [9.17, 15) is 9.59 Å². The highest BCUT2D eigenvalue weighted by Crippen LogP contribution is 2.28. The molecular weight excluding hydrogens is 404 g/mol. The van der Waals surface area contributed by atoms with E-state index >= 15 is 0 Å². The van der Waals surface area contributed by atoms with E-state index in [1.165, 1.54) is 4.68 Å². The first-order chi connectivity index (χ1) is 15.4. The number of amides is 1. The van der Waals surface area contributed by atoms with Gasteiger partial charge in [-0.3, -0.25) is 9.59 Å². The zero-order chi connectivity index (χ0) is 22.8. The summed E-state index contributed by atoms with van der Waals surface area (Å²) >= 11 is 0. The third-order valence-electron chi connectivity index (χ3n) is 5.49. The number of carbonyl (C=O) groups excluding carboxylic acids is 1. The molecule has 7 heteroatoms. The molecule has 0 unspecified atom stereocenters. The van der Waals surface area contributed by atoms with Gasteiger partial charge in [-0.15, -0.1) is 0 Å². The van der Waals surface area contributed by atoms with Gasteiger partial charge >= 0.3 is 0 Å². The molecule has 4 aromatic rings. The molecule has 0 saturated carbocycles. The summed E-state index contributed by atoms with van der Waals surface area (Å²) in [5.41, 5.74) is 3.00. The Morgan fingerprint density at radius 3 is 2.56 bits per heavy atom. The molecule has 7 nitrogen and oxygen atoms in total. The predicted molar refractivity (Wildman–Crippen MR) is 127 cm³/mol. The maximum Gasteiger partial charge on any atom is 0.296 e. The summed E-state index contributed by atoms with van der Waals surface area (Å²) < 4.78 is 8.70. The summed E-state index contributed by atoms with van der Waals surface area (Å²) in [4.78, 5) is 26.7. The van der Waals surface area contributed by atoms with E-state index in [0.29, 0.717) is 36.2 Å². The smallest absolute Gasteiger partial charge is 0.296 e. The summed E-state index contributed by atoms with van der Waals surface area (Å²) in [7, 11) is 1.84. The normalized spacial score (nSPS) is 11.5. The van der Waals surface area contributed by atoms with Gasteiger partial charge < -0.3 is 14.6 Å². The van der Waals surface area contributed by atoms with Crippen LogP contribution in [0.25, 0.3) is 27.5 Å². The van der Waals surface area contributed by atoms with E-state index in [0.717, 1.165) is 16.5 Å². The van der Waals surface area contributed by atoms with E-state index in [1.807, 2.05) is 80.9 Å². The molecular formula is C25H28N4O3. The molecule has 4 rings (SSSR count). The number of rotatable bonds is 7. The molecule has 0 radical (unpaired) electrons. The minimum atomic E-state index is -0.309. The number of hydrogen-bond donors (Lipinski definition) is 1. The Balaban J connectivity index is 1.83.